The van der Waals surface area contributed by atoms with Crippen molar-refractivity contribution >= 4 is 23.2 Å². The van der Waals surface area contributed by atoms with Gasteiger partial charge in [0.1, 0.15) is 17.2 Å². The number of hydrogen-bond acceptors (Lipinski definition) is 4. The summed E-state index contributed by atoms with van der Waals surface area (Å²) < 4.78 is 10.5. The molecule has 0 radical (unpaired) electrons. The molecule has 2 aromatic rings. The molecule has 6 heteroatoms. The highest BCUT2D eigenvalue weighted by Crippen LogP contribution is 2.26. The highest BCUT2D eigenvalue weighted by Gasteiger charge is 2.06. The maximum atomic E-state index is 11.7. The second kappa shape index (κ2) is 7.56. The summed E-state index contributed by atoms with van der Waals surface area (Å²) in [6.45, 7) is 1.66. The smallest absolute Gasteiger partial charge is 0.302 e. The van der Waals surface area contributed by atoms with Crippen LogP contribution in [0, 0.1) is 6.92 Å². The summed E-state index contributed by atoms with van der Waals surface area (Å²) in [6, 6.07) is 12.2. The summed E-state index contributed by atoms with van der Waals surface area (Å²) in [4.78, 5) is 11.7. The number of rotatable bonds is 5. The number of hydrogen-bond donors (Lipinski definition) is 0. The average molecular weight is 319 g/mol. The fourth-order valence-corrected chi connectivity index (χ4v) is 1.99. The van der Waals surface area contributed by atoms with Crippen molar-refractivity contribution < 1.29 is 14.3 Å². The van der Waals surface area contributed by atoms with Crippen LogP contribution < -0.4 is 9.47 Å². The van der Waals surface area contributed by atoms with Crippen LogP contribution in [0.5, 0.6) is 11.5 Å². The number of aryl methyl sites for hydroxylation is 1. The average Bonchev–Trinajstić information content (AvgIpc) is 2.52. The zero-order valence-electron chi connectivity index (χ0n) is 12.2. The number of ether oxygens (including phenoxy) is 2. The van der Waals surface area contributed by atoms with Gasteiger partial charge in [-0.15, -0.1) is 10.2 Å². The van der Waals surface area contributed by atoms with E-state index in [-0.39, 0.29) is 6.61 Å². The van der Waals surface area contributed by atoms with Gasteiger partial charge in [-0.25, -0.2) is 0 Å². The molecule has 0 unspecified atom stereocenters. The standard InChI is InChI=1S/C16H15ClN2O3/c1-11-9-12(17)7-8-14(11)22-10-16(20)19-18-13-5-3-4-6-15(13)21-2/h3-9H,10H2,1-2H3. The number of halogens is 1. The number of amides is 1. The van der Waals surface area contributed by atoms with Gasteiger partial charge in [-0.2, -0.15) is 0 Å². The predicted molar refractivity (Wildman–Crippen MR) is 84.2 cm³/mol. The van der Waals surface area contributed by atoms with Gasteiger partial charge in [0.05, 0.1) is 7.11 Å². The molecule has 5 nitrogen and oxygen atoms in total. The van der Waals surface area contributed by atoms with Crippen molar-refractivity contribution in [2.75, 3.05) is 13.7 Å². The Balaban J connectivity index is 1.97. The molecule has 0 aliphatic heterocycles. The number of carbonyl (C=O) groups excluding carboxylic acids is 1. The van der Waals surface area contributed by atoms with Crippen molar-refractivity contribution in [1.29, 1.82) is 0 Å². The Morgan fingerprint density at radius 3 is 2.68 bits per heavy atom. The lowest BCUT2D eigenvalue weighted by molar-refractivity contribution is -0.120. The molecule has 0 aliphatic carbocycles. The minimum absolute atomic E-state index is 0.193. The van der Waals surface area contributed by atoms with Crippen molar-refractivity contribution in [3.63, 3.8) is 0 Å². The second-order valence-corrected chi connectivity index (χ2v) is 4.90. The van der Waals surface area contributed by atoms with E-state index in [0.29, 0.717) is 22.2 Å². The number of azo groups is 1. The lowest BCUT2D eigenvalue weighted by Crippen LogP contribution is -2.08. The number of methoxy groups -OCH3 is 1. The molecule has 0 bridgehead atoms. The first-order valence-corrected chi connectivity index (χ1v) is 6.94. The summed E-state index contributed by atoms with van der Waals surface area (Å²) in [5.41, 5.74) is 1.34. The Morgan fingerprint density at radius 2 is 1.95 bits per heavy atom. The van der Waals surface area contributed by atoms with Crippen LogP contribution in [-0.2, 0) is 4.79 Å². The molecule has 22 heavy (non-hydrogen) atoms. The topological polar surface area (TPSA) is 60.2 Å². The Hall–Kier alpha value is -2.40. The molecule has 2 aromatic carbocycles. The van der Waals surface area contributed by atoms with Crippen molar-refractivity contribution in [3.05, 3.63) is 53.1 Å². The van der Waals surface area contributed by atoms with Gasteiger partial charge in [-0.1, -0.05) is 23.7 Å². The van der Waals surface area contributed by atoms with Gasteiger partial charge in [0.2, 0.25) is 0 Å². The Kier molecular flexibility index (Phi) is 5.49. The van der Waals surface area contributed by atoms with E-state index in [0.717, 1.165) is 5.56 Å². The molecule has 114 valence electrons. The zero-order chi connectivity index (χ0) is 15.9. The van der Waals surface area contributed by atoms with Gasteiger partial charge < -0.3 is 9.47 Å². The van der Waals surface area contributed by atoms with Crippen molar-refractivity contribution in [2.24, 2.45) is 10.2 Å². The number of para-hydroxylation sites is 1. The minimum atomic E-state index is -0.486. The van der Waals surface area contributed by atoms with Crippen LogP contribution in [-0.4, -0.2) is 19.6 Å². The lowest BCUT2D eigenvalue weighted by Gasteiger charge is -2.06. The molecule has 0 aromatic heterocycles. The molecule has 1 amide bonds. The third-order valence-electron chi connectivity index (χ3n) is 2.84. The molecular weight excluding hydrogens is 304 g/mol. The van der Waals surface area contributed by atoms with E-state index in [1.54, 1.807) is 36.4 Å². The molecular formula is C16H15ClN2O3. The lowest BCUT2D eigenvalue weighted by atomic mass is 10.2. The minimum Gasteiger partial charge on any atom is -0.494 e. The SMILES string of the molecule is COc1ccccc1N=NC(=O)COc1ccc(Cl)cc1C. The van der Waals surface area contributed by atoms with Gasteiger partial charge in [0.15, 0.2) is 6.61 Å². The van der Waals surface area contributed by atoms with Crippen LogP contribution in [0.3, 0.4) is 0 Å². The number of carbonyl (C=O) groups is 1. The second-order valence-electron chi connectivity index (χ2n) is 4.46. The Labute approximate surface area is 133 Å². The van der Waals surface area contributed by atoms with Crippen LogP contribution in [0.1, 0.15) is 5.56 Å². The highest BCUT2D eigenvalue weighted by atomic mass is 35.5. The number of nitrogens with zero attached hydrogens (tertiary/aromatic N) is 2. The third kappa shape index (κ3) is 4.30. The van der Waals surface area contributed by atoms with Crippen molar-refractivity contribution in [2.45, 2.75) is 6.92 Å². The van der Waals surface area contributed by atoms with E-state index >= 15 is 0 Å². The Morgan fingerprint density at radius 1 is 1.18 bits per heavy atom. The molecule has 0 aliphatic rings. The highest BCUT2D eigenvalue weighted by molar-refractivity contribution is 6.30. The summed E-state index contributed by atoms with van der Waals surface area (Å²) in [5, 5.41) is 8.11. The van der Waals surface area contributed by atoms with Gasteiger partial charge in [0.25, 0.3) is 0 Å². The fourth-order valence-electron chi connectivity index (χ4n) is 1.77. The predicted octanol–water partition coefficient (Wildman–Crippen LogP) is 4.35. The first-order chi connectivity index (χ1) is 10.6. The summed E-state index contributed by atoms with van der Waals surface area (Å²) in [5.74, 6) is 0.652. The first-order valence-electron chi connectivity index (χ1n) is 6.56. The van der Waals surface area contributed by atoms with Crippen LogP contribution in [0.15, 0.2) is 52.7 Å². The molecule has 2 rings (SSSR count). The van der Waals surface area contributed by atoms with E-state index < -0.39 is 5.91 Å². The molecule has 0 heterocycles. The summed E-state index contributed by atoms with van der Waals surface area (Å²) in [7, 11) is 1.53. The molecule has 0 fully saturated rings. The van der Waals surface area contributed by atoms with Gasteiger partial charge in [0, 0.05) is 5.02 Å². The zero-order valence-corrected chi connectivity index (χ0v) is 13.0. The first kappa shape index (κ1) is 16.0. The van der Waals surface area contributed by atoms with Crippen molar-refractivity contribution in [3.8, 4) is 11.5 Å². The van der Waals surface area contributed by atoms with E-state index in [4.69, 9.17) is 21.1 Å². The van der Waals surface area contributed by atoms with Gasteiger partial charge in [-0.05, 0) is 42.8 Å². The summed E-state index contributed by atoms with van der Waals surface area (Å²) >= 11 is 5.86. The third-order valence-corrected chi connectivity index (χ3v) is 3.08. The molecule has 0 spiro atoms. The molecule has 0 saturated carbocycles. The molecule has 0 saturated heterocycles. The maximum absolute atomic E-state index is 11.7. The van der Waals surface area contributed by atoms with E-state index in [2.05, 4.69) is 10.2 Å². The van der Waals surface area contributed by atoms with Crippen LogP contribution in [0.2, 0.25) is 5.02 Å². The van der Waals surface area contributed by atoms with Gasteiger partial charge >= 0.3 is 5.91 Å². The van der Waals surface area contributed by atoms with Crippen LogP contribution in [0.4, 0.5) is 5.69 Å². The maximum Gasteiger partial charge on any atom is 0.302 e. The van der Waals surface area contributed by atoms with Crippen LogP contribution >= 0.6 is 11.6 Å². The fraction of sp³-hybridized carbons (Fsp3) is 0.188. The van der Waals surface area contributed by atoms with E-state index in [1.807, 2.05) is 13.0 Å². The Bertz CT molecular complexity index is 702. The molecule has 0 N–H and O–H groups in total. The largest absolute Gasteiger partial charge is 0.494 e. The van der Waals surface area contributed by atoms with Crippen LogP contribution in [0.25, 0.3) is 0 Å². The van der Waals surface area contributed by atoms with Crippen molar-refractivity contribution in [1.82, 2.24) is 0 Å². The van der Waals surface area contributed by atoms with E-state index in [9.17, 15) is 4.79 Å². The van der Waals surface area contributed by atoms with E-state index in [1.165, 1.54) is 7.11 Å². The monoisotopic (exact) mass is 318 g/mol. The molecule has 0 atom stereocenters. The normalized spacial score (nSPS) is 10.7. The number of benzene rings is 2. The van der Waals surface area contributed by atoms with Gasteiger partial charge in [-0.3, -0.25) is 4.79 Å². The quantitative estimate of drug-likeness (QED) is 0.770. The summed E-state index contributed by atoms with van der Waals surface area (Å²) in [6.07, 6.45) is 0.